The Morgan fingerprint density at radius 2 is 2.11 bits per heavy atom. The summed E-state index contributed by atoms with van der Waals surface area (Å²) in [5, 5.41) is 9.08. The lowest BCUT2D eigenvalue weighted by molar-refractivity contribution is -0.134. The molecule has 27 heavy (non-hydrogen) atoms. The first kappa shape index (κ1) is 18.5. The summed E-state index contributed by atoms with van der Waals surface area (Å²) >= 11 is 0. The molecule has 3 heterocycles. The number of hydrogen-bond acceptors (Lipinski definition) is 7. The molecule has 1 atom stereocenters. The minimum absolute atomic E-state index is 0.0612. The van der Waals surface area contributed by atoms with Crippen LogP contribution in [0.5, 0.6) is 5.88 Å². The van der Waals surface area contributed by atoms with E-state index >= 15 is 0 Å². The van der Waals surface area contributed by atoms with Gasteiger partial charge >= 0.3 is 0 Å². The standard InChI is InChI=1S/C18H20N6O3/c1-12-13(2)22-11-24(18(12)26)10-16(25)23-7-3-4-14(9-23)27-17-15(8-19)20-5-6-21-17/h5-6,11,14H,3-4,7,9-10H2,1-2H3. The second kappa shape index (κ2) is 7.95. The maximum Gasteiger partial charge on any atom is 0.256 e. The number of nitrogens with zero attached hydrogens (tertiary/aromatic N) is 6. The Bertz CT molecular complexity index is 949. The maximum atomic E-state index is 12.6. The highest BCUT2D eigenvalue weighted by Gasteiger charge is 2.26. The third-order valence-electron chi connectivity index (χ3n) is 4.60. The Morgan fingerprint density at radius 1 is 1.33 bits per heavy atom. The summed E-state index contributed by atoms with van der Waals surface area (Å²) in [6.07, 6.45) is 5.52. The molecule has 0 radical (unpaired) electrons. The second-order valence-corrected chi connectivity index (χ2v) is 6.43. The predicted molar refractivity (Wildman–Crippen MR) is 94.9 cm³/mol. The summed E-state index contributed by atoms with van der Waals surface area (Å²) in [6.45, 7) is 4.36. The van der Waals surface area contributed by atoms with Crippen LogP contribution in [0.2, 0.25) is 0 Å². The van der Waals surface area contributed by atoms with Crippen molar-refractivity contribution in [3.05, 3.63) is 46.0 Å². The molecule has 1 saturated heterocycles. The molecule has 0 N–H and O–H groups in total. The van der Waals surface area contributed by atoms with E-state index in [9.17, 15) is 9.59 Å². The molecule has 3 rings (SSSR count). The van der Waals surface area contributed by atoms with Gasteiger partial charge < -0.3 is 9.64 Å². The van der Waals surface area contributed by atoms with Crippen molar-refractivity contribution in [2.45, 2.75) is 39.3 Å². The molecule has 0 aromatic carbocycles. The first-order valence-corrected chi connectivity index (χ1v) is 8.67. The average molecular weight is 368 g/mol. The number of nitriles is 1. The Morgan fingerprint density at radius 3 is 2.89 bits per heavy atom. The quantitative estimate of drug-likeness (QED) is 0.776. The maximum absolute atomic E-state index is 12.6. The zero-order chi connectivity index (χ0) is 19.4. The van der Waals surface area contributed by atoms with Crippen LogP contribution in [0.1, 0.15) is 29.8 Å². The van der Waals surface area contributed by atoms with Crippen molar-refractivity contribution in [2.24, 2.45) is 0 Å². The van der Waals surface area contributed by atoms with Gasteiger partial charge in [0.1, 0.15) is 18.7 Å². The van der Waals surface area contributed by atoms with Crippen LogP contribution in [-0.2, 0) is 11.3 Å². The predicted octanol–water partition coefficient (Wildman–Crippen LogP) is 0.592. The molecular formula is C18H20N6O3. The lowest BCUT2D eigenvalue weighted by Crippen LogP contribution is -2.46. The second-order valence-electron chi connectivity index (χ2n) is 6.43. The molecule has 140 valence electrons. The lowest BCUT2D eigenvalue weighted by atomic mass is 10.1. The van der Waals surface area contributed by atoms with Crippen LogP contribution in [0.4, 0.5) is 0 Å². The van der Waals surface area contributed by atoms with Crippen LogP contribution >= 0.6 is 0 Å². The lowest BCUT2D eigenvalue weighted by Gasteiger charge is -2.32. The fraction of sp³-hybridized carbons (Fsp3) is 0.444. The van der Waals surface area contributed by atoms with Crippen molar-refractivity contribution in [2.75, 3.05) is 13.1 Å². The number of aryl methyl sites for hydroxylation is 1. The number of hydrogen-bond donors (Lipinski definition) is 0. The summed E-state index contributed by atoms with van der Waals surface area (Å²) in [5.41, 5.74) is 1.11. The number of rotatable bonds is 4. The SMILES string of the molecule is Cc1ncn(CC(=O)N2CCCC(Oc3nccnc3C#N)C2)c(=O)c1C. The van der Waals surface area contributed by atoms with E-state index in [1.165, 1.54) is 23.3 Å². The fourth-order valence-electron chi connectivity index (χ4n) is 2.94. The van der Waals surface area contributed by atoms with E-state index in [2.05, 4.69) is 15.0 Å². The Labute approximate surface area is 156 Å². The van der Waals surface area contributed by atoms with E-state index in [1.807, 2.05) is 6.07 Å². The van der Waals surface area contributed by atoms with Crippen LogP contribution < -0.4 is 10.3 Å². The smallest absolute Gasteiger partial charge is 0.256 e. The van der Waals surface area contributed by atoms with Gasteiger partial charge in [0.15, 0.2) is 0 Å². The number of amides is 1. The molecule has 2 aromatic heterocycles. The van der Waals surface area contributed by atoms with Gasteiger partial charge in [-0.15, -0.1) is 0 Å². The van der Waals surface area contributed by atoms with Gasteiger partial charge in [-0.1, -0.05) is 0 Å². The molecule has 0 spiro atoms. The topological polar surface area (TPSA) is 114 Å². The third kappa shape index (κ3) is 4.11. The molecule has 1 unspecified atom stereocenters. The number of aromatic nitrogens is 4. The van der Waals surface area contributed by atoms with Gasteiger partial charge in [0, 0.05) is 30.2 Å². The van der Waals surface area contributed by atoms with Crippen molar-refractivity contribution in [1.29, 1.82) is 5.26 Å². The van der Waals surface area contributed by atoms with Crippen LogP contribution in [0.15, 0.2) is 23.5 Å². The van der Waals surface area contributed by atoms with Gasteiger partial charge in [0.25, 0.3) is 11.4 Å². The zero-order valence-electron chi connectivity index (χ0n) is 15.3. The molecule has 1 aliphatic heterocycles. The molecule has 9 heteroatoms. The molecule has 1 amide bonds. The third-order valence-corrected chi connectivity index (χ3v) is 4.60. The highest BCUT2D eigenvalue weighted by atomic mass is 16.5. The number of likely N-dealkylation sites (tertiary alicyclic amines) is 1. The van der Waals surface area contributed by atoms with Crippen molar-refractivity contribution in [3.8, 4) is 11.9 Å². The van der Waals surface area contributed by atoms with Gasteiger partial charge in [-0.05, 0) is 26.7 Å². The number of piperidine rings is 1. The Kier molecular flexibility index (Phi) is 5.45. The summed E-state index contributed by atoms with van der Waals surface area (Å²) in [7, 11) is 0. The Balaban J connectivity index is 1.67. The summed E-state index contributed by atoms with van der Waals surface area (Å²) < 4.78 is 7.12. The van der Waals surface area contributed by atoms with E-state index in [4.69, 9.17) is 10.00 Å². The normalized spacial score (nSPS) is 16.6. The number of carbonyl (C=O) groups is 1. The molecule has 1 aliphatic rings. The number of ether oxygens (including phenoxy) is 1. The molecular weight excluding hydrogens is 348 g/mol. The summed E-state index contributed by atoms with van der Waals surface area (Å²) in [4.78, 5) is 38.7. The van der Waals surface area contributed by atoms with Crippen LogP contribution in [0.3, 0.4) is 0 Å². The van der Waals surface area contributed by atoms with Gasteiger partial charge in [0.2, 0.25) is 11.6 Å². The minimum atomic E-state index is -0.277. The molecule has 2 aromatic rings. The van der Waals surface area contributed by atoms with E-state index in [0.717, 1.165) is 12.8 Å². The number of carbonyl (C=O) groups excluding carboxylic acids is 1. The molecule has 0 saturated carbocycles. The van der Waals surface area contributed by atoms with E-state index in [0.29, 0.717) is 24.3 Å². The first-order chi connectivity index (χ1) is 13.0. The van der Waals surface area contributed by atoms with Gasteiger partial charge in [-0.2, -0.15) is 5.26 Å². The molecule has 0 bridgehead atoms. The van der Waals surface area contributed by atoms with Crippen molar-refractivity contribution < 1.29 is 9.53 Å². The average Bonchev–Trinajstić information content (AvgIpc) is 2.69. The monoisotopic (exact) mass is 368 g/mol. The van der Waals surface area contributed by atoms with Crippen molar-refractivity contribution >= 4 is 5.91 Å². The van der Waals surface area contributed by atoms with Crippen LogP contribution in [0, 0.1) is 25.2 Å². The highest BCUT2D eigenvalue weighted by molar-refractivity contribution is 5.76. The van der Waals surface area contributed by atoms with E-state index in [-0.39, 0.29) is 35.7 Å². The van der Waals surface area contributed by atoms with Gasteiger partial charge in [-0.25, -0.2) is 15.0 Å². The van der Waals surface area contributed by atoms with E-state index in [1.54, 1.807) is 18.7 Å². The molecule has 0 aliphatic carbocycles. The summed E-state index contributed by atoms with van der Waals surface area (Å²) in [5.74, 6) is 0.00369. The van der Waals surface area contributed by atoms with E-state index < -0.39 is 0 Å². The van der Waals surface area contributed by atoms with Crippen LogP contribution in [-0.4, -0.2) is 49.5 Å². The van der Waals surface area contributed by atoms with Gasteiger partial charge in [-0.3, -0.25) is 14.2 Å². The fourth-order valence-corrected chi connectivity index (χ4v) is 2.94. The van der Waals surface area contributed by atoms with Gasteiger partial charge in [0.05, 0.1) is 12.9 Å². The summed E-state index contributed by atoms with van der Waals surface area (Å²) in [6, 6.07) is 1.94. The highest BCUT2D eigenvalue weighted by Crippen LogP contribution is 2.18. The molecule has 9 nitrogen and oxygen atoms in total. The Hall–Kier alpha value is -3.28. The largest absolute Gasteiger partial charge is 0.470 e. The molecule has 1 fully saturated rings. The van der Waals surface area contributed by atoms with Crippen molar-refractivity contribution in [1.82, 2.24) is 24.4 Å². The zero-order valence-corrected chi connectivity index (χ0v) is 15.3. The minimum Gasteiger partial charge on any atom is -0.470 e. The van der Waals surface area contributed by atoms with Crippen molar-refractivity contribution in [3.63, 3.8) is 0 Å². The van der Waals surface area contributed by atoms with Crippen LogP contribution in [0.25, 0.3) is 0 Å². The first-order valence-electron chi connectivity index (χ1n) is 8.67.